The zero-order chi connectivity index (χ0) is 26.2. The number of hydrogen-bond acceptors (Lipinski definition) is 6. The Morgan fingerprint density at radius 3 is 1.61 bits per heavy atom. The van der Waals surface area contributed by atoms with Crippen LogP contribution in [-0.2, 0) is 19.2 Å². The lowest BCUT2D eigenvalue weighted by atomic mass is 9.80. The number of carbonyl (C=O) groups is 4. The van der Waals surface area contributed by atoms with Gasteiger partial charge in [0.25, 0.3) is 0 Å². The van der Waals surface area contributed by atoms with Gasteiger partial charge in [-0.25, -0.2) is 9.97 Å². The zero-order valence-corrected chi connectivity index (χ0v) is 21.3. The van der Waals surface area contributed by atoms with E-state index in [4.69, 9.17) is 0 Å². The van der Waals surface area contributed by atoms with Crippen LogP contribution in [-0.4, -0.2) is 70.6 Å². The fourth-order valence-corrected chi connectivity index (χ4v) is 4.42. The first kappa shape index (κ1) is 26.8. The minimum atomic E-state index is -0.346. The molecule has 1 fully saturated rings. The lowest BCUT2D eigenvalue weighted by Gasteiger charge is -2.32. The Bertz CT molecular complexity index is 1040. The Morgan fingerprint density at radius 1 is 0.806 bits per heavy atom. The highest BCUT2D eigenvalue weighted by molar-refractivity contribution is 5.95. The van der Waals surface area contributed by atoms with Crippen LogP contribution in [0.5, 0.6) is 0 Å². The highest BCUT2D eigenvalue weighted by Gasteiger charge is 2.34. The van der Waals surface area contributed by atoms with Gasteiger partial charge in [-0.2, -0.15) is 0 Å². The van der Waals surface area contributed by atoms with Crippen LogP contribution in [0.2, 0.25) is 0 Å². The molecule has 2 aromatic heterocycles. The maximum absolute atomic E-state index is 13.0. The summed E-state index contributed by atoms with van der Waals surface area (Å²) in [4.78, 5) is 61.8. The molecule has 36 heavy (non-hydrogen) atoms. The van der Waals surface area contributed by atoms with Crippen LogP contribution < -0.4 is 10.6 Å². The van der Waals surface area contributed by atoms with Gasteiger partial charge in [0, 0.05) is 38.3 Å². The van der Waals surface area contributed by atoms with E-state index >= 15 is 0 Å². The fourth-order valence-electron chi connectivity index (χ4n) is 4.42. The average Bonchev–Trinajstić information content (AvgIpc) is 2.83. The van der Waals surface area contributed by atoms with Gasteiger partial charge in [-0.3, -0.25) is 19.2 Å². The summed E-state index contributed by atoms with van der Waals surface area (Å²) in [6.07, 6.45) is 5.68. The van der Waals surface area contributed by atoms with Crippen LogP contribution in [0.3, 0.4) is 0 Å². The lowest BCUT2D eigenvalue weighted by molar-refractivity contribution is -0.142. The Balaban J connectivity index is 1.49. The van der Waals surface area contributed by atoms with E-state index in [1.165, 1.54) is 9.80 Å². The van der Waals surface area contributed by atoms with Gasteiger partial charge in [0.1, 0.15) is 11.6 Å². The van der Waals surface area contributed by atoms with Gasteiger partial charge >= 0.3 is 0 Å². The number of nitrogens with zero attached hydrogens (tertiary/aromatic N) is 4. The number of carbonyl (C=O) groups excluding carboxylic acids is 4. The smallest absolute Gasteiger partial charge is 0.245 e. The molecule has 2 atom stereocenters. The molecule has 0 aromatic carbocycles. The molecule has 1 aliphatic carbocycles. The van der Waals surface area contributed by atoms with Crippen LogP contribution in [0.4, 0.5) is 11.6 Å². The van der Waals surface area contributed by atoms with E-state index in [-0.39, 0.29) is 48.6 Å². The zero-order valence-electron chi connectivity index (χ0n) is 21.3. The number of pyridine rings is 2. The molecule has 0 radical (unpaired) electrons. The summed E-state index contributed by atoms with van der Waals surface area (Å²) in [5.41, 5.74) is 1.94. The number of anilines is 2. The second-order valence-electron chi connectivity index (χ2n) is 9.48. The van der Waals surface area contributed by atoms with E-state index in [1.54, 1.807) is 38.6 Å². The number of likely N-dealkylation sites (N-methyl/N-ethyl adjacent to an activating group) is 2. The third kappa shape index (κ3) is 7.59. The molecule has 10 heteroatoms. The Labute approximate surface area is 211 Å². The average molecular weight is 495 g/mol. The number of aromatic nitrogens is 2. The van der Waals surface area contributed by atoms with Crippen molar-refractivity contribution in [3.05, 3.63) is 47.8 Å². The van der Waals surface area contributed by atoms with Crippen LogP contribution in [0.1, 0.15) is 36.8 Å². The van der Waals surface area contributed by atoms with Crippen LogP contribution in [0.15, 0.2) is 36.7 Å². The predicted octanol–water partition coefficient (Wildman–Crippen LogP) is 2.39. The quantitative estimate of drug-likeness (QED) is 0.581. The Hall–Kier alpha value is -3.82. The van der Waals surface area contributed by atoms with E-state index in [2.05, 4.69) is 20.6 Å². The molecule has 0 bridgehead atoms. The van der Waals surface area contributed by atoms with Gasteiger partial charge in [-0.05, 0) is 68.5 Å². The summed E-state index contributed by atoms with van der Waals surface area (Å²) >= 11 is 0. The molecule has 2 aromatic rings. The third-order valence-corrected chi connectivity index (χ3v) is 6.25. The second kappa shape index (κ2) is 12.2. The SMILES string of the molecule is Cc1ccnc(NC(=O)CN(C)C(=O)C2CCCC(C(=O)N(C)CC(=O)Nc3cc(C)ccn3)C2)c1. The molecule has 4 amide bonds. The minimum absolute atomic E-state index is 0.101. The first-order chi connectivity index (χ1) is 17.1. The molecule has 1 aliphatic rings. The van der Waals surface area contributed by atoms with Crippen molar-refractivity contribution in [3.63, 3.8) is 0 Å². The Kier molecular flexibility index (Phi) is 9.10. The fraction of sp³-hybridized carbons (Fsp3) is 0.462. The maximum Gasteiger partial charge on any atom is 0.245 e. The molecule has 1 saturated carbocycles. The maximum atomic E-state index is 13.0. The summed E-state index contributed by atoms with van der Waals surface area (Å²) in [6, 6.07) is 7.17. The lowest BCUT2D eigenvalue weighted by Crippen LogP contribution is -2.43. The molecular formula is C26H34N6O4. The minimum Gasteiger partial charge on any atom is -0.336 e. The standard InChI is InChI=1S/C26H34N6O4/c1-17-8-10-27-21(12-17)29-23(33)15-31(3)25(35)19-6-5-7-20(14-19)26(36)32(4)16-24(34)30-22-13-18(2)9-11-28-22/h8-13,19-20H,5-7,14-16H2,1-4H3,(H,27,29,33)(H,28,30,34). The number of hydrogen-bond donors (Lipinski definition) is 2. The highest BCUT2D eigenvalue weighted by Crippen LogP contribution is 2.31. The van der Waals surface area contributed by atoms with Gasteiger partial charge in [0.15, 0.2) is 0 Å². The summed E-state index contributed by atoms with van der Waals surface area (Å²) in [5, 5.41) is 5.41. The molecule has 2 heterocycles. The molecule has 0 spiro atoms. The van der Waals surface area contributed by atoms with Crippen molar-refractivity contribution in [1.29, 1.82) is 0 Å². The van der Waals surface area contributed by atoms with Crippen molar-refractivity contribution in [2.75, 3.05) is 37.8 Å². The number of aryl methyl sites for hydroxylation is 2. The van der Waals surface area contributed by atoms with Crippen LogP contribution in [0, 0.1) is 25.7 Å². The van der Waals surface area contributed by atoms with Crippen molar-refractivity contribution in [1.82, 2.24) is 19.8 Å². The normalized spacial score (nSPS) is 17.1. The Morgan fingerprint density at radius 2 is 1.22 bits per heavy atom. The van der Waals surface area contributed by atoms with Gasteiger partial charge in [-0.1, -0.05) is 6.42 Å². The number of nitrogens with one attached hydrogen (secondary N) is 2. The van der Waals surface area contributed by atoms with E-state index in [0.717, 1.165) is 17.5 Å². The van der Waals surface area contributed by atoms with Gasteiger partial charge in [0.2, 0.25) is 23.6 Å². The second-order valence-corrected chi connectivity index (χ2v) is 9.48. The molecule has 0 saturated heterocycles. The number of amides is 4. The van der Waals surface area contributed by atoms with Crippen LogP contribution >= 0.6 is 0 Å². The van der Waals surface area contributed by atoms with Crippen LogP contribution in [0.25, 0.3) is 0 Å². The monoisotopic (exact) mass is 494 g/mol. The number of rotatable bonds is 8. The third-order valence-electron chi connectivity index (χ3n) is 6.25. The van der Waals surface area contributed by atoms with Crippen molar-refractivity contribution >= 4 is 35.3 Å². The molecule has 0 aliphatic heterocycles. The molecule has 3 rings (SSSR count). The van der Waals surface area contributed by atoms with Crippen molar-refractivity contribution in [2.45, 2.75) is 39.5 Å². The first-order valence-corrected chi connectivity index (χ1v) is 12.1. The van der Waals surface area contributed by atoms with Crippen molar-refractivity contribution < 1.29 is 19.2 Å². The van der Waals surface area contributed by atoms with E-state index < -0.39 is 0 Å². The first-order valence-electron chi connectivity index (χ1n) is 12.1. The molecule has 192 valence electrons. The summed E-state index contributed by atoms with van der Waals surface area (Å²) in [7, 11) is 3.18. The van der Waals surface area contributed by atoms with Crippen molar-refractivity contribution in [3.8, 4) is 0 Å². The van der Waals surface area contributed by atoms with Gasteiger partial charge in [0.05, 0.1) is 13.1 Å². The van der Waals surface area contributed by atoms with E-state index in [9.17, 15) is 19.2 Å². The largest absolute Gasteiger partial charge is 0.336 e. The summed E-state index contributed by atoms with van der Waals surface area (Å²) < 4.78 is 0. The van der Waals surface area contributed by atoms with E-state index in [0.29, 0.717) is 30.9 Å². The van der Waals surface area contributed by atoms with Crippen molar-refractivity contribution in [2.24, 2.45) is 11.8 Å². The van der Waals surface area contributed by atoms with Gasteiger partial charge < -0.3 is 20.4 Å². The highest BCUT2D eigenvalue weighted by atomic mass is 16.2. The van der Waals surface area contributed by atoms with Gasteiger partial charge in [-0.15, -0.1) is 0 Å². The topological polar surface area (TPSA) is 125 Å². The summed E-state index contributed by atoms with van der Waals surface area (Å²) in [5.74, 6) is -0.800. The van der Waals surface area contributed by atoms with E-state index in [1.807, 2.05) is 26.0 Å². The molecular weight excluding hydrogens is 460 g/mol. The molecule has 2 unspecified atom stereocenters. The molecule has 10 nitrogen and oxygen atoms in total. The molecule has 2 N–H and O–H groups in total. The predicted molar refractivity (Wildman–Crippen MR) is 136 cm³/mol. The summed E-state index contributed by atoms with van der Waals surface area (Å²) in [6.45, 7) is 3.60.